The number of hydrogen-bond acceptors (Lipinski definition) is 3. The Hall–Kier alpha value is -0.860. The minimum Gasteiger partial charge on any atom is -0.393 e. The predicted molar refractivity (Wildman–Crippen MR) is 50.3 cm³/mol. The SMILES string of the molecule is CCCC1CCCC2C(=O)OC(=O)C12. The highest BCUT2D eigenvalue weighted by Crippen LogP contribution is 2.42. The van der Waals surface area contributed by atoms with E-state index in [0.29, 0.717) is 5.92 Å². The van der Waals surface area contributed by atoms with Gasteiger partial charge in [-0.25, -0.2) is 0 Å². The third kappa shape index (κ3) is 1.45. The molecule has 3 nitrogen and oxygen atoms in total. The van der Waals surface area contributed by atoms with Crippen LogP contribution in [0.2, 0.25) is 0 Å². The van der Waals surface area contributed by atoms with Crippen molar-refractivity contribution < 1.29 is 14.3 Å². The van der Waals surface area contributed by atoms with Crippen molar-refractivity contribution in [1.82, 2.24) is 0 Å². The van der Waals surface area contributed by atoms with Crippen LogP contribution in [0, 0.1) is 17.8 Å². The van der Waals surface area contributed by atoms with E-state index in [9.17, 15) is 9.59 Å². The molecule has 0 N–H and O–H groups in total. The van der Waals surface area contributed by atoms with Gasteiger partial charge in [0.15, 0.2) is 0 Å². The summed E-state index contributed by atoms with van der Waals surface area (Å²) in [6.45, 7) is 2.12. The summed E-state index contributed by atoms with van der Waals surface area (Å²) in [6.07, 6.45) is 5.11. The van der Waals surface area contributed by atoms with E-state index in [2.05, 4.69) is 6.92 Å². The molecule has 0 amide bonds. The molecule has 2 fully saturated rings. The maximum atomic E-state index is 11.5. The Morgan fingerprint density at radius 3 is 2.79 bits per heavy atom. The molecule has 3 atom stereocenters. The fourth-order valence-corrected chi connectivity index (χ4v) is 2.85. The second-order valence-corrected chi connectivity index (χ2v) is 4.35. The fraction of sp³-hybridized carbons (Fsp3) is 0.818. The average Bonchev–Trinajstić information content (AvgIpc) is 2.44. The van der Waals surface area contributed by atoms with Gasteiger partial charge in [-0.1, -0.05) is 19.8 Å². The molecule has 2 aliphatic rings. The van der Waals surface area contributed by atoms with E-state index in [-0.39, 0.29) is 23.8 Å². The number of hydrogen-bond donors (Lipinski definition) is 0. The zero-order valence-electron chi connectivity index (χ0n) is 8.49. The molecule has 1 heterocycles. The Balaban J connectivity index is 2.14. The van der Waals surface area contributed by atoms with Crippen LogP contribution in [0.3, 0.4) is 0 Å². The number of carbonyl (C=O) groups is 2. The average molecular weight is 196 g/mol. The summed E-state index contributed by atoms with van der Waals surface area (Å²) in [7, 11) is 0. The van der Waals surface area contributed by atoms with Crippen LogP contribution < -0.4 is 0 Å². The molecule has 1 saturated carbocycles. The molecule has 78 valence electrons. The van der Waals surface area contributed by atoms with Crippen LogP contribution in [0.1, 0.15) is 39.0 Å². The fourth-order valence-electron chi connectivity index (χ4n) is 2.85. The second kappa shape index (κ2) is 3.71. The third-order valence-electron chi connectivity index (χ3n) is 3.47. The summed E-state index contributed by atoms with van der Waals surface area (Å²) >= 11 is 0. The maximum absolute atomic E-state index is 11.5. The van der Waals surface area contributed by atoms with E-state index in [1.54, 1.807) is 0 Å². The summed E-state index contributed by atoms with van der Waals surface area (Å²) < 4.78 is 4.71. The first kappa shape index (κ1) is 9.69. The number of rotatable bonds is 2. The van der Waals surface area contributed by atoms with Crippen LogP contribution in [0.25, 0.3) is 0 Å². The number of esters is 2. The smallest absolute Gasteiger partial charge is 0.317 e. The van der Waals surface area contributed by atoms with Crippen molar-refractivity contribution in [1.29, 1.82) is 0 Å². The molecule has 14 heavy (non-hydrogen) atoms. The Bertz CT molecular complexity index is 257. The first-order chi connectivity index (χ1) is 6.74. The lowest BCUT2D eigenvalue weighted by atomic mass is 9.72. The summed E-state index contributed by atoms with van der Waals surface area (Å²) in [6, 6.07) is 0. The van der Waals surface area contributed by atoms with E-state index in [0.717, 1.165) is 32.1 Å². The van der Waals surface area contributed by atoms with Crippen molar-refractivity contribution in [2.45, 2.75) is 39.0 Å². The van der Waals surface area contributed by atoms with E-state index < -0.39 is 0 Å². The van der Waals surface area contributed by atoms with Gasteiger partial charge in [-0.15, -0.1) is 0 Å². The second-order valence-electron chi connectivity index (χ2n) is 4.35. The van der Waals surface area contributed by atoms with Gasteiger partial charge < -0.3 is 4.74 Å². The topological polar surface area (TPSA) is 43.4 Å². The molecule has 0 radical (unpaired) electrons. The van der Waals surface area contributed by atoms with E-state index >= 15 is 0 Å². The molecular formula is C11H16O3. The van der Waals surface area contributed by atoms with Gasteiger partial charge in [-0.05, 0) is 25.2 Å². The first-order valence-corrected chi connectivity index (χ1v) is 5.49. The highest BCUT2D eigenvalue weighted by molar-refractivity contribution is 5.96. The maximum Gasteiger partial charge on any atom is 0.317 e. The molecule has 0 aromatic carbocycles. The van der Waals surface area contributed by atoms with Crippen molar-refractivity contribution in [3.8, 4) is 0 Å². The van der Waals surface area contributed by atoms with Crippen molar-refractivity contribution in [3.05, 3.63) is 0 Å². The van der Waals surface area contributed by atoms with E-state index in [4.69, 9.17) is 4.74 Å². The molecule has 2 rings (SSSR count). The minimum atomic E-state index is -0.277. The molecule has 1 aliphatic heterocycles. The molecule has 3 unspecified atom stereocenters. The summed E-state index contributed by atoms with van der Waals surface area (Å²) in [5.41, 5.74) is 0. The Labute approximate surface area is 83.8 Å². The zero-order chi connectivity index (χ0) is 10.1. The van der Waals surface area contributed by atoms with E-state index in [1.807, 2.05) is 0 Å². The van der Waals surface area contributed by atoms with Crippen LogP contribution >= 0.6 is 0 Å². The van der Waals surface area contributed by atoms with Crippen LogP contribution in [0.5, 0.6) is 0 Å². The number of ether oxygens (including phenoxy) is 1. The Morgan fingerprint density at radius 1 is 1.29 bits per heavy atom. The zero-order valence-corrected chi connectivity index (χ0v) is 8.49. The molecule has 1 aliphatic carbocycles. The highest BCUT2D eigenvalue weighted by Gasteiger charge is 2.49. The standard InChI is InChI=1S/C11H16O3/c1-2-4-7-5-3-6-8-9(7)11(13)14-10(8)12/h7-9H,2-6H2,1H3. The van der Waals surface area contributed by atoms with Gasteiger partial charge >= 0.3 is 11.9 Å². The van der Waals surface area contributed by atoms with Crippen LogP contribution in [0.4, 0.5) is 0 Å². The lowest BCUT2D eigenvalue weighted by Crippen LogP contribution is -2.30. The van der Waals surface area contributed by atoms with Gasteiger partial charge in [0, 0.05) is 0 Å². The summed E-state index contributed by atoms with van der Waals surface area (Å²) in [5, 5.41) is 0. The molecule has 3 heteroatoms. The van der Waals surface area contributed by atoms with Gasteiger partial charge in [0.1, 0.15) is 0 Å². The minimum absolute atomic E-state index is 0.115. The van der Waals surface area contributed by atoms with Gasteiger partial charge in [-0.2, -0.15) is 0 Å². The van der Waals surface area contributed by atoms with Gasteiger partial charge in [0.05, 0.1) is 11.8 Å². The number of cyclic esters (lactones) is 2. The number of carbonyl (C=O) groups excluding carboxylic acids is 2. The molecule has 0 spiro atoms. The van der Waals surface area contributed by atoms with Crippen LogP contribution in [0.15, 0.2) is 0 Å². The van der Waals surface area contributed by atoms with Gasteiger partial charge in [0.25, 0.3) is 0 Å². The number of fused-ring (bicyclic) bond motifs is 1. The van der Waals surface area contributed by atoms with Crippen LogP contribution in [-0.4, -0.2) is 11.9 Å². The third-order valence-corrected chi connectivity index (χ3v) is 3.47. The van der Waals surface area contributed by atoms with Crippen molar-refractivity contribution in [2.75, 3.05) is 0 Å². The van der Waals surface area contributed by atoms with Gasteiger partial charge in [-0.3, -0.25) is 9.59 Å². The van der Waals surface area contributed by atoms with Crippen molar-refractivity contribution >= 4 is 11.9 Å². The monoisotopic (exact) mass is 196 g/mol. The lowest BCUT2D eigenvalue weighted by Gasteiger charge is -2.28. The van der Waals surface area contributed by atoms with Crippen molar-refractivity contribution in [2.24, 2.45) is 17.8 Å². The first-order valence-electron chi connectivity index (χ1n) is 5.49. The molecule has 0 bridgehead atoms. The molecule has 1 saturated heterocycles. The molecule has 0 aromatic rings. The molecule has 0 aromatic heterocycles. The summed E-state index contributed by atoms with van der Waals surface area (Å²) in [5.74, 6) is -0.388. The van der Waals surface area contributed by atoms with E-state index in [1.165, 1.54) is 0 Å². The van der Waals surface area contributed by atoms with Crippen molar-refractivity contribution in [3.63, 3.8) is 0 Å². The van der Waals surface area contributed by atoms with Crippen LogP contribution in [-0.2, 0) is 14.3 Å². The Morgan fingerprint density at radius 2 is 2.07 bits per heavy atom. The van der Waals surface area contributed by atoms with Gasteiger partial charge in [0.2, 0.25) is 0 Å². The largest absolute Gasteiger partial charge is 0.393 e. The Kier molecular flexibility index (Phi) is 2.57. The lowest BCUT2D eigenvalue weighted by molar-refractivity contribution is -0.154. The molecular weight excluding hydrogens is 180 g/mol. The normalized spacial score (nSPS) is 36.8. The highest BCUT2D eigenvalue weighted by atomic mass is 16.6. The summed E-state index contributed by atoms with van der Waals surface area (Å²) in [4.78, 5) is 22.8. The quantitative estimate of drug-likeness (QED) is 0.500. The predicted octanol–water partition coefficient (Wildman–Crippen LogP) is 1.90.